The Morgan fingerprint density at radius 1 is 1.43 bits per heavy atom. The third-order valence-electron chi connectivity index (χ3n) is 1.70. The van der Waals surface area contributed by atoms with Crippen molar-refractivity contribution in [2.75, 3.05) is 14.1 Å². The number of hydrogen-bond donors (Lipinski definition) is 0. The second kappa shape index (κ2) is 4.33. The molecule has 0 saturated heterocycles. The molecule has 0 aliphatic heterocycles. The van der Waals surface area contributed by atoms with Gasteiger partial charge in [0, 0.05) is 19.1 Å². The first-order chi connectivity index (χ1) is 6.50. The molecule has 1 amide bonds. The zero-order chi connectivity index (χ0) is 10.7. The second-order valence-corrected chi connectivity index (χ2v) is 3.61. The summed E-state index contributed by atoms with van der Waals surface area (Å²) in [5.41, 5.74) is 0.840. The molecule has 76 valence electrons. The minimum atomic E-state index is -0.393. The molecule has 1 aromatic carbocycles. The number of ether oxygens (including phenoxy) is 1. The van der Waals surface area contributed by atoms with E-state index in [-0.39, 0.29) is 0 Å². The Hall–Kier alpha value is -1.22. The van der Waals surface area contributed by atoms with Crippen LogP contribution in [-0.2, 0) is 0 Å². The van der Waals surface area contributed by atoms with Crippen molar-refractivity contribution >= 4 is 17.7 Å². The maximum Gasteiger partial charge on any atom is 0.414 e. The minimum Gasteiger partial charge on any atom is -0.410 e. The first kappa shape index (κ1) is 10.9. The van der Waals surface area contributed by atoms with Gasteiger partial charge in [0.1, 0.15) is 5.75 Å². The smallest absolute Gasteiger partial charge is 0.410 e. The van der Waals surface area contributed by atoms with Gasteiger partial charge in [-0.2, -0.15) is 0 Å². The Balaban J connectivity index is 2.82. The standard InChI is InChI=1S/C10H12ClNO2/c1-7-6-8(11)4-5-9(7)14-10(13)12(2)3/h4-6H,1-3H3. The molecule has 0 aromatic heterocycles. The minimum absolute atomic E-state index is 0.393. The quantitative estimate of drug-likeness (QED) is 0.718. The maximum absolute atomic E-state index is 11.2. The molecule has 0 N–H and O–H groups in total. The SMILES string of the molecule is Cc1cc(Cl)ccc1OC(=O)N(C)C. The summed E-state index contributed by atoms with van der Waals surface area (Å²) in [6.07, 6.45) is -0.393. The summed E-state index contributed by atoms with van der Waals surface area (Å²) in [5.74, 6) is 0.535. The molecule has 0 heterocycles. The molecule has 0 unspecified atom stereocenters. The maximum atomic E-state index is 11.2. The van der Waals surface area contributed by atoms with Crippen LogP contribution in [0.15, 0.2) is 18.2 Å². The molecule has 0 fully saturated rings. The van der Waals surface area contributed by atoms with E-state index in [2.05, 4.69) is 0 Å². The van der Waals surface area contributed by atoms with Gasteiger partial charge in [-0.1, -0.05) is 11.6 Å². The summed E-state index contributed by atoms with van der Waals surface area (Å²) in [7, 11) is 3.27. The van der Waals surface area contributed by atoms with Gasteiger partial charge in [-0.05, 0) is 30.7 Å². The summed E-state index contributed by atoms with van der Waals surface area (Å²) in [5, 5.41) is 0.632. The lowest BCUT2D eigenvalue weighted by Crippen LogP contribution is -2.25. The fraction of sp³-hybridized carbons (Fsp3) is 0.300. The largest absolute Gasteiger partial charge is 0.414 e. The molecule has 0 saturated carbocycles. The fourth-order valence-corrected chi connectivity index (χ4v) is 1.14. The third-order valence-corrected chi connectivity index (χ3v) is 1.93. The van der Waals surface area contributed by atoms with Crippen LogP contribution in [0.5, 0.6) is 5.75 Å². The number of hydrogen-bond acceptors (Lipinski definition) is 2. The van der Waals surface area contributed by atoms with E-state index in [9.17, 15) is 4.79 Å². The van der Waals surface area contributed by atoms with E-state index in [0.717, 1.165) is 5.56 Å². The molecule has 0 aliphatic carbocycles. The Morgan fingerprint density at radius 2 is 2.07 bits per heavy atom. The number of carbonyl (C=O) groups is 1. The molecule has 0 atom stereocenters. The lowest BCUT2D eigenvalue weighted by molar-refractivity contribution is 0.171. The van der Waals surface area contributed by atoms with Crippen molar-refractivity contribution in [3.63, 3.8) is 0 Å². The van der Waals surface area contributed by atoms with Crippen molar-refractivity contribution in [2.24, 2.45) is 0 Å². The monoisotopic (exact) mass is 213 g/mol. The van der Waals surface area contributed by atoms with Crippen molar-refractivity contribution < 1.29 is 9.53 Å². The van der Waals surface area contributed by atoms with E-state index >= 15 is 0 Å². The molecule has 1 rings (SSSR count). The summed E-state index contributed by atoms with van der Waals surface area (Å²) in [6, 6.07) is 5.12. The fourth-order valence-electron chi connectivity index (χ4n) is 0.913. The molecule has 14 heavy (non-hydrogen) atoms. The molecule has 0 bridgehead atoms. The van der Waals surface area contributed by atoms with Crippen LogP contribution in [0, 0.1) is 6.92 Å². The van der Waals surface area contributed by atoms with Crippen LogP contribution < -0.4 is 4.74 Å². The van der Waals surface area contributed by atoms with Crippen LogP contribution in [-0.4, -0.2) is 25.1 Å². The van der Waals surface area contributed by atoms with Crippen LogP contribution in [0.2, 0.25) is 5.02 Å². The van der Waals surface area contributed by atoms with E-state index in [1.165, 1.54) is 4.90 Å². The number of aryl methyl sites for hydroxylation is 1. The lowest BCUT2D eigenvalue weighted by atomic mass is 10.2. The van der Waals surface area contributed by atoms with Gasteiger partial charge >= 0.3 is 6.09 Å². The Morgan fingerprint density at radius 3 is 2.57 bits per heavy atom. The molecule has 0 aliphatic rings. The number of rotatable bonds is 1. The van der Waals surface area contributed by atoms with E-state index in [0.29, 0.717) is 10.8 Å². The van der Waals surface area contributed by atoms with Gasteiger partial charge < -0.3 is 9.64 Å². The number of amides is 1. The van der Waals surface area contributed by atoms with Gasteiger partial charge in [0.05, 0.1) is 0 Å². The van der Waals surface area contributed by atoms with Crippen LogP contribution in [0.25, 0.3) is 0 Å². The highest BCUT2D eigenvalue weighted by molar-refractivity contribution is 6.30. The van der Waals surface area contributed by atoms with E-state index in [4.69, 9.17) is 16.3 Å². The molecule has 3 nitrogen and oxygen atoms in total. The van der Waals surface area contributed by atoms with Gasteiger partial charge in [-0.3, -0.25) is 0 Å². The second-order valence-electron chi connectivity index (χ2n) is 3.17. The molecule has 1 aromatic rings. The lowest BCUT2D eigenvalue weighted by Gasteiger charge is -2.12. The third kappa shape index (κ3) is 2.64. The number of nitrogens with zero attached hydrogens (tertiary/aromatic N) is 1. The first-order valence-electron chi connectivity index (χ1n) is 4.16. The number of halogens is 1. The predicted molar refractivity (Wildman–Crippen MR) is 55.9 cm³/mol. The van der Waals surface area contributed by atoms with Crippen molar-refractivity contribution in [1.29, 1.82) is 0 Å². The van der Waals surface area contributed by atoms with Gasteiger partial charge in [0.2, 0.25) is 0 Å². The summed E-state index contributed by atoms with van der Waals surface area (Å²) >= 11 is 5.77. The normalized spacial score (nSPS) is 9.71. The zero-order valence-corrected chi connectivity index (χ0v) is 9.13. The van der Waals surface area contributed by atoms with Crippen molar-refractivity contribution in [2.45, 2.75) is 6.92 Å². The summed E-state index contributed by atoms with van der Waals surface area (Å²) < 4.78 is 5.09. The highest BCUT2D eigenvalue weighted by Gasteiger charge is 2.08. The topological polar surface area (TPSA) is 29.5 Å². The zero-order valence-electron chi connectivity index (χ0n) is 8.37. The van der Waals surface area contributed by atoms with Gasteiger partial charge in [-0.25, -0.2) is 4.79 Å². The van der Waals surface area contributed by atoms with E-state index in [1.807, 2.05) is 6.92 Å². The van der Waals surface area contributed by atoms with Crippen molar-refractivity contribution in [3.8, 4) is 5.75 Å². The molecular weight excluding hydrogens is 202 g/mol. The van der Waals surface area contributed by atoms with Gasteiger partial charge in [-0.15, -0.1) is 0 Å². The average Bonchev–Trinajstić information content (AvgIpc) is 2.09. The Kier molecular flexibility index (Phi) is 3.36. The van der Waals surface area contributed by atoms with Gasteiger partial charge in [0.25, 0.3) is 0 Å². The molecule has 0 radical (unpaired) electrons. The highest BCUT2D eigenvalue weighted by atomic mass is 35.5. The van der Waals surface area contributed by atoms with E-state index in [1.54, 1.807) is 32.3 Å². The van der Waals surface area contributed by atoms with Gasteiger partial charge in [0.15, 0.2) is 0 Å². The predicted octanol–water partition coefficient (Wildman–Crippen LogP) is 2.71. The molecular formula is C10H12ClNO2. The molecule has 4 heteroatoms. The first-order valence-corrected chi connectivity index (χ1v) is 4.54. The van der Waals surface area contributed by atoms with Crippen LogP contribution in [0.4, 0.5) is 4.79 Å². The van der Waals surface area contributed by atoms with Crippen molar-refractivity contribution in [3.05, 3.63) is 28.8 Å². The van der Waals surface area contributed by atoms with Crippen LogP contribution in [0.3, 0.4) is 0 Å². The summed E-state index contributed by atoms with van der Waals surface area (Å²) in [6.45, 7) is 1.84. The number of benzene rings is 1. The van der Waals surface area contributed by atoms with Crippen LogP contribution >= 0.6 is 11.6 Å². The van der Waals surface area contributed by atoms with Crippen LogP contribution in [0.1, 0.15) is 5.56 Å². The number of carbonyl (C=O) groups excluding carboxylic acids is 1. The van der Waals surface area contributed by atoms with E-state index < -0.39 is 6.09 Å². The molecule has 0 spiro atoms. The average molecular weight is 214 g/mol. The summed E-state index contributed by atoms with van der Waals surface area (Å²) in [4.78, 5) is 12.6. The highest BCUT2D eigenvalue weighted by Crippen LogP contribution is 2.22. The Bertz CT molecular complexity index is 350. The Labute approximate surface area is 88.2 Å². The van der Waals surface area contributed by atoms with Crippen molar-refractivity contribution in [1.82, 2.24) is 4.90 Å².